The fraction of sp³-hybridized carbons (Fsp3) is 0.500. The number of aromatic nitrogens is 2. The highest BCUT2D eigenvalue weighted by Crippen LogP contribution is 2.10. The van der Waals surface area contributed by atoms with Gasteiger partial charge in [0, 0.05) is 24.5 Å². The number of carboxylic acid groups (broad SMARTS) is 1. The lowest BCUT2D eigenvalue weighted by Crippen LogP contribution is -2.33. The zero-order valence-electron chi connectivity index (χ0n) is 9.30. The zero-order chi connectivity index (χ0) is 12.0. The Morgan fingerprint density at radius 1 is 1.56 bits per heavy atom. The highest BCUT2D eigenvalue weighted by molar-refractivity contribution is 7.99. The van der Waals surface area contributed by atoms with Crippen molar-refractivity contribution in [3.8, 4) is 0 Å². The Bertz CT molecular complexity index is 342. The van der Waals surface area contributed by atoms with E-state index < -0.39 is 12.0 Å². The lowest BCUT2D eigenvalue weighted by Gasteiger charge is -2.08. The predicted molar refractivity (Wildman–Crippen MR) is 62.4 cm³/mol. The van der Waals surface area contributed by atoms with Crippen LogP contribution in [0, 0.1) is 0 Å². The van der Waals surface area contributed by atoms with Crippen LogP contribution in [0.2, 0.25) is 0 Å². The molecule has 0 fully saturated rings. The van der Waals surface area contributed by atoms with Crippen molar-refractivity contribution in [3.05, 3.63) is 18.0 Å². The van der Waals surface area contributed by atoms with Crippen LogP contribution in [0.4, 0.5) is 0 Å². The molecule has 1 aromatic heterocycles. The molecular formula is C10H15N3O2S. The molecule has 0 radical (unpaired) electrons. The maximum absolute atomic E-state index is 10.6. The quantitative estimate of drug-likeness (QED) is 0.575. The third-order valence-electron chi connectivity index (χ3n) is 1.94. The largest absolute Gasteiger partial charge is 0.480 e. The molecule has 0 aromatic carbocycles. The molecule has 0 unspecified atom stereocenters. The molecular weight excluding hydrogens is 226 g/mol. The summed E-state index contributed by atoms with van der Waals surface area (Å²) in [6.45, 7) is 4.10. The Labute approximate surface area is 98.7 Å². The predicted octanol–water partition coefficient (Wildman–Crippen LogP) is 1.15. The van der Waals surface area contributed by atoms with Crippen molar-refractivity contribution in [1.82, 2.24) is 15.3 Å². The molecule has 0 spiro atoms. The maximum Gasteiger partial charge on any atom is 0.320 e. The summed E-state index contributed by atoms with van der Waals surface area (Å²) in [6, 6.07) is -0.565. The van der Waals surface area contributed by atoms with Gasteiger partial charge in [-0.25, -0.2) is 9.97 Å². The van der Waals surface area contributed by atoms with Crippen molar-refractivity contribution >= 4 is 17.7 Å². The summed E-state index contributed by atoms with van der Waals surface area (Å²) in [6.07, 6.45) is 3.43. The average molecular weight is 241 g/mol. The highest BCUT2D eigenvalue weighted by Gasteiger charge is 2.09. The van der Waals surface area contributed by atoms with Crippen LogP contribution in [-0.2, 0) is 11.3 Å². The first-order valence-electron chi connectivity index (χ1n) is 5.03. The van der Waals surface area contributed by atoms with E-state index in [1.165, 1.54) is 0 Å². The first-order chi connectivity index (χ1) is 7.63. The van der Waals surface area contributed by atoms with Crippen molar-refractivity contribution in [2.45, 2.75) is 31.6 Å². The fourth-order valence-electron chi connectivity index (χ4n) is 0.996. The molecule has 1 atom stereocenters. The summed E-state index contributed by atoms with van der Waals surface area (Å²) >= 11 is 1.58. The molecule has 0 saturated heterocycles. The SMILES string of the molecule is CCSc1ncc(CN[C@@H](C)C(=O)O)cn1. The molecule has 0 aliphatic carbocycles. The van der Waals surface area contributed by atoms with Crippen LogP contribution >= 0.6 is 11.8 Å². The summed E-state index contributed by atoms with van der Waals surface area (Å²) in [5.74, 6) is 0.0762. The minimum Gasteiger partial charge on any atom is -0.480 e. The zero-order valence-corrected chi connectivity index (χ0v) is 10.1. The number of carboxylic acids is 1. The van der Waals surface area contributed by atoms with Gasteiger partial charge in [0.05, 0.1) is 0 Å². The fourth-order valence-corrected chi connectivity index (χ4v) is 1.51. The van der Waals surface area contributed by atoms with Crippen molar-refractivity contribution in [2.24, 2.45) is 0 Å². The van der Waals surface area contributed by atoms with E-state index in [0.717, 1.165) is 16.5 Å². The number of nitrogens with zero attached hydrogens (tertiary/aromatic N) is 2. The number of rotatable bonds is 6. The van der Waals surface area contributed by atoms with Gasteiger partial charge < -0.3 is 10.4 Å². The Balaban J connectivity index is 2.46. The minimum atomic E-state index is -0.862. The third kappa shape index (κ3) is 4.16. The summed E-state index contributed by atoms with van der Waals surface area (Å²) in [5.41, 5.74) is 0.883. The molecule has 5 nitrogen and oxygen atoms in total. The van der Waals surface area contributed by atoms with Crippen LogP contribution in [0.25, 0.3) is 0 Å². The van der Waals surface area contributed by atoms with Gasteiger partial charge in [0.1, 0.15) is 6.04 Å². The van der Waals surface area contributed by atoms with E-state index in [9.17, 15) is 4.79 Å². The summed E-state index contributed by atoms with van der Waals surface area (Å²) in [7, 11) is 0. The molecule has 6 heteroatoms. The van der Waals surface area contributed by atoms with Crippen LogP contribution in [0.3, 0.4) is 0 Å². The second-order valence-electron chi connectivity index (χ2n) is 3.25. The van der Waals surface area contributed by atoms with Gasteiger partial charge in [-0.1, -0.05) is 18.7 Å². The molecule has 1 aromatic rings. The number of hydrogen-bond donors (Lipinski definition) is 2. The number of carbonyl (C=O) groups is 1. The molecule has 0 bridgehead atoms. The first-order valence-corrected chi connectivity index (χ1v) is 6.02. The second kappa shape index (κ2) is 6.44. The van der Waals surface area contributed by atoms with E-state index >= 15 is 0 Å². The van der Waals surface area contributed by atoms with E-state index in [0.29, 0.717) is 6.54 Å². The van der Waals surface area contributed by atoms with Crippen LogP contribution in [0.15, 0.2) is 17.6 Å². The molecule has 0 aliphatic heterocycles. The Morgan fingerprint density at radius 3 is 2.69 bits per heavy atom. The minimum absolute atomic E-state index is 0.463. The van der Waals surface area contributed by atoms with Gasteiger partial charge >= 0.3 is 5.97 Å². The van der Waals surface area contributed by atoms with Crippen LogP contribution in [0.1, 0.15) is 19.4 Å². The van der Waals surface area contributed by atoms with Crippen molar-refractivity contribution in [3.63, 3.8) is 0 Å². The molecule has 1 rings (SSSR count). The lowest BCUT2D eigenvalue weighted by atomic mass is 10.3. The lowest BCUT2D eigenvalue weighted by molar-refractivity contribution is -0.139. The summed E-state index contributed by atoms with van der Waals surface area (Å²) in [4.78, 5) is 18.9. The van der Waals surface area contributed by atoms with E-state index in [1.807, 2.05) is 6.92 Å². The van der Waals surface area contributed by atoms with Crippen molar-refractivity contribution in [1.29, 1.82) is 0 Å². The Kier molecular flexibility index (Phi) is 5.21. The van der Waals surface area contributed by atoms with E-state index in [4.69, 9.17) is 5.11 Å². The molecule has 88 valence electrons. The topological polar surface area (TPSA) is 75.1 Å². The smallest absolute Gasteiger partial charge is 0.320 e. The monoisotopic (exact) mass is 241 g/mol. The maximum atomic E-state index is 10.6. The number of thioether (sulfide) groups is 1. The molecule has 2 N–H and O–H groups in total. The molecule has 0 saturated carbocycles. The van der Waals surface area contributed by atoms with Crippen molar-refractivity contribution in [2.75, 3.05) is 5.75 Å². The van der Waals surface area contributed by atoms with Gasteiger partial charge in [-0.3, -0.25) is 4.79 Å². The van der Waals surface area contributed by atoms with Gasteiger partial charge in [-0.05, 0) is 12.7 Å². The molecule has 1 heterocycles. The summed E-state index contributed by atoms with van der Waals surface area (Å²) < 4.78 is 0. The first kappa shape index (κ1) is 12.9. The number of nitrogens with one attached hydrogen (secondary N) is 1. The van der Waals surface area contributed by atoms with E-state index in [2.05, 4.69) is 15.3 Å². The van der Waals surface area contributed by atoms with Crippen LogP contribution in [-0.4, -0.2) is 32.8 Å². The van der Waals surface area contributed by atoms with Gasteiger partial charge in [-0.2, -0.15) is 0 Å². The van der Waals surface area contributed by atoms with E-state index in [-0.39, 0.29) is 0 Å². The van der Waals surface area contributed by atoms with Gasteiger partial charge in [0.15, 0.2) is 5.16 Å². The highest BCUT2D eigenvalue weighted by atomic mass is 32.2. The average Bonchev–Trinajstić information content (AvgIpc) is 2.28. The third-order valence-corrected chi connectivity index (χ3v) is 2.70. The van der Waals surface area contributed by atoms with E-state index in [1.54, 1.807) is 31.1 Å². The second-order valence-corrected chi connectivity index (χ2v) is 4.48. The number of aliphatic carboxylic acids is 1. The van der Waals surface area contributed by atoms with Crippen molar-refractivity contribution < 1.29 is 9.90 Å². The standard InChI is InChI=1S/C10H15N3O2S/c1-3-16-10-12-5-8(6-13-10)4-11-7(2)9(14)15/h5-7,11H,3-4H2,1-2H3,(H,14,15)/t7-/m0/s1. The van der Waals surface area contributed by atoms with Crippen LogP contribution < -0.4 is 5.32 Å². The summed E-state index contributed by atoms with van der Waals surface area (Å²) in [5, 5.41) is 12.3. The Hall–Kier alpha value is -1.14. The van der Waals surface area contributed by atoms with Gasteiger partial charge in [0.2, 0.25) is 0 Å². The van der Waals surface area contributed by atoms with Crippen LogP contribution in [0.5, 0.6) is 0 Å². The van der Waals surface area contributed by atoms with Gasteiger partial charge in [-0.15, -0.1) is 0 Å². The normalized spacial score (nSPS) is 12.4. The Morgan fingerprint density at radius 2 is 2.19 bits per heavy atom. The number of hydrogen-bond acceptors (Lipinski definition) is 5. The molecule has 0 amide bonds. The molecule has 0 aliphatic rings. The molecule has 16 heavy (non-hydrogen) atoms. The van der Waals surface area contributed by atoms with Gasteiger partial charge in [0.25, 0.3) is 0 Å².